The van der Waals surface area contributed by atoms with Gasteiger partial charge in [0.15, 0.2) is 0 Å². The third-order valence-corrected chi connectivity index (χ3v) is 5.70. The van der Waals surface area contributed by atoms with Gasteiger partial charge in [-0.05, 0) is 17.9 Å². The predicted octanol–water partition coefficient (Wildman–Crippen LogP) is 1.48. The molecule has 5 heteroatoms. The lowest BCUT2D eigenvalue weighted by atomic mass is 9.95. The molecule has 1 aliphatic carbocycles. The number of nitrogens with two attached hydrogens (primary N) is 1. The highest BCUT2D eigenvalue weighted by molar-refractivity contribution is 8.13. The van der Waals surface area contributed by atoms with Gasteiger partial charge in [-0.1, -0.05) is 18.2 Å². The summed E-state index contributed by atoms with van der Waals surface area (Å²) in [6.07, 6.45) is 7.06. The second-order valence-electron chi connectivity index (χ2n) is 3.34. The monoisotopic (exact) mass is 216 g/mol. The molecule has 0 aromatic rings. The van der Waals surface area contributed by atoms with E-state index in [1.165, 1.54) is 0 Å². The zero-order valence-corrected chi connectivity index (χ0v) is 8.74. The van der Waals surface area contributed by atoms with Gasteiger partial charge < -0.3 is 0 Å². The van der Waals surface area contributed by atoms with Crippen LogP contribution in [0.5, 0.6) is 0 Å². The van der Waals surface area contributed by atoms with Crippen LogP contribution in [0.4, 0.5) is 0 Å². The van der Waals surface area contributed by atoms with E-state index in [0.29, 0.717) is 5.92 Å². The zero-order valence-electron chi connectivity index (χ0n) is 7.10. The Bertz CT molecular complexity index is 370. The molecule has 0 aromatic carbocycles. The largest absolute Gasteiger partial charge is 0.244 e. The number of thioether (sulfide) groups is 1. The Morgan fingerprint density at radius 3 is 3.15 bits per heavy atom. The number of hydrogen-bond acceptors (Lipinski definition) is 3. The molecule has 0 saturated carbocycles. The standard InChI is InChI=1S/C8H12N2OS2/c9-13(10,11)8-7-4-2-1-3-6(7)5-12-8/h1-2,4,6,8H,3,5H2,(H3,9,10,11). The van der Waals surface area contributed by atoms with Crippen molar-refractivity contribution in [2.24, 2.45) is 11.1 Å². The Labute approximate surface area is 82.6 Å². The summed E-state index contributed by atoms with van der Waals surface area (Å²) in [5.41, 5.74) is 1.11. The molecule has 0 aromatic heterocycles. The molecule has 72 valence electrons. The van der Waals surface area contributed by atoms with Gasteiger partial charge in [0.2, 0.25) is 0 Å². The Morgan fingerprint density at radius 1 is 1.69 bits per heavy atom. The van der Waals surface area contributed by atoms with Gasteiger partial charge in [0.1, 0.15) is 14.5 Å². The molecule has 0 amide bonds. The van der Waals surface area contributed by atoms with Crippen LogP contribution >= 0.6 is 11.8 Å². The van der Waals surface area contributed by atoms with E-state index in [-0.39, 0.29) is 4.58 Å². The molecule has 3 N–H and O–H groups in total. The fourth-order valence-corrected chi connectivity index (χ4v) is 4.65. The van der Waals surface area contributed by atoms with Crippen LogP contribution in [0.1, 0.15) is 6.42 Å². The first kappa shape index (κ1) is 9.30. The minimum absolute atomic E-state index is 0.276. The van der Waals surface area contributed by atoms with E-state index in [1.807, 2.05) is 12.2 Å². The minimum atomic E-state index is -2.91. The van der Waals surface area contributed by atoms with Gasteiger partial charge in [-0.25, -0.2) is 14.1 Å². The number of nitrogens with one attached hydrogen (secondary N) is 1. The molecular weight excluding hydrogens is 204 g/mol. The molecule has 13 heavy (non-hydrogen) atoms. The fourth-order valence-electron chi connectivity index (χ4n) is 1.73. The maximum Gasteiger partial charge on any atom is 0.123 e. The number of rotatable bonds is 1. The van der Waals surface area contributed by atoms with Crippen LogP contribution in [0.25, 0.3) is 0 Å². The summed E-state index contributed by atoms with van der Waals surface area (Å²) in [6, 6.07) is 0. The zero-order chi connectivity index (χ0) is 9.47. The smallest absolute Gasteiger partial charge is 0.123 e. The van der Waals surface area contributed by atoms with Gasteiger partial charge >= 0.3 is 0 Å². The van der Waals surface area contributed by atoms with Crippen LogP contribution < -0.4 is 5.14 Å². The Kier molecular flexibility index (Phi) is 2.25. The third kappa shape index (κ3) is 1.68. The predicted molar refractivity (Wildman–Crippen MR) is 56.6 cm³/mol. The highest BCUT2D eigenvalue weighted by Gasteiger charge is 2.35. The Balaban J connectivity index is 2.34. The number of allylic oxidation sites excluding steroid dienone is 3. The first-order valence-corrected chi connectivity index (χ1v) is 6.86. The Hall–Kier alpha value is -0.260. The maximum absolute atomic E-state index is 11.4. The quantitative estimate of drug-likeness (QED) is 0.697. The lowest BCUT2D eigenvalue weighted by Gasteiger charge is -2.16. The van der Waals surface area contributed by atoms with Crippen molar-refractivity contribution in [2.75, 3.05) is 5.75 Å². The highest BCUT2D eigenvalue weighted by Crippen LogP contribution is 2.42. The van der Waals surface area contributed by atoms with Crippen molar-refractivity contribution < 1.29 is 4.21 Å². The molecule has 0 spiro atoms. The van der Waals surface area contributed by atoms with Gasteiger partial charge in [0.05, 0.1) is 0 Å². The normalized spacial score (nSPS) is 36.5. The van der Waals surface area contributed by atoms with Crippen LogP contribution in [-0.4, -0.2) is 14.5 Å². The summed E-state index contributed by atoms with van der Waals surface area (Å²) in [5, 5.41) is 5.36. The van der Waals surface area contributed by atoms with E-state index in [9.17, 15) is 4.21 Å². The summed E-state index contributed by atoms with van der Waals surface area (Å²) in [6.45, 7) is 0. The average Bonchev–Trinajstić information content (AvgIpc) is 2.45. The summed E-state index contributed by atoms with van der Waals surface area (Å²) >= 11 is 1.56. The van der Waals surface area contributed by atoms with E-state index in [4.69, 9.17) is 9.92 Å². The molecule has 1 fully saturated rings. The van der Waals surface area contributed by atoms with Gasteiger partial charge in [0, 0.05) is 5.75 Å². The van der Waals surface area contributed by atoms with Crippen molar-refractivity contribution in [3.63, 3.8) is 0 Å². The van der Waals surface area contributed by atoms with Crippen molar-refractivity contribution in [1.82, 2.24) is 0 Å². The lowest BCUT2D eigenvalue weighted by molar-refractivity contribution is 0.669. The van der Waals surface area contributed by atoms with Crippen LogP contribution in [0.3, 0.4) is 0 Å². The second kappa shape index (κ2) is 3.15. The van der Waals surface area contributed by atoms with Crippen molar-refractivity contribution in [2.45, 2.75) is 11.0 Å². The van der Waals surface area contributed by atoms with Crippen LogP contribution in [0, 0.1) is 10.7 Å². The minimum Gasteiger partial charge on any atom is -0.244 e. The van der Waals surface area contributed by atoms with Gasteiger partial charge in [-0.3, -0.25) is 0 Å². The molecule has 3 atom stereocenters. The van der Waals surface area contributed by atoms with Crippen LogP contribution in [-0.2, 0) is 9.92 Å². The lowest BCUT2D eigenvalue weighted by Crippen LogP contribution is -2.25. The third-order valence-electron chi connectivity index (χ3n) is 2.36. The van der Waals surface area contributed by atoms with Crippen molar-refractivity contribution in [1.29, 1.82) is 4.78 Å². The molecule has 0 bridgehead atoms. The second-order valence-corrected chi connectivity index (χ2v) is 6.54. The summed E-state index contributed by atoms with van der Waals surface area (Å²) < 4.78 is 18.5. The van der Waals surface area contributed by atoms with E-state index in [2.05, 4.69) is 6.08 Å². The fraction of sp³-hybridized carbons (Fsp3) is 0.500. The molecule has 2 rings (SSSR count). The van der Waals surface area contributed by atoms with Gasteiger partial charge in [-0.15, -0.1) is 11.8 Å². The van der Waals surface area contributed by atoms with Crippen molar-refractivity contribution >= 4 is 21.7 Å². The van der Waals surface area contributed by atoms with E-state index in [1.54, 1.807) is 11.8 Å². The van der Waals surface area contributed by atoms with Crippen LogP contribution in [0.2, 0.25) is 0 Å². The van der Waals surface area contributed by atoms with Crippen LogP contribution in [0.15, 0.2) is 23.8 Å². The molecule has 3 nitrogen and oxygen atoms in total. The Morgan fingerprint density at radius 2 is 2.46 bits per heavy atom. The van der Waals surface area contributed by atoms with Gasteiger partial charge in [0.25, 0.3) is 0 Å². The van der Waals surface area contributed by atoms with Gasteiger partial charge in [-0.2, -0.15) is 0 Å². The summed E-state index contributed by atoms with van der Waals surface area (Å²) in [7, 11) is -2.91. The molecule has 3 unspecified atom stereocenters. The SMILES string of the molecule is N=S(N)(=O)C1SCC2CC=CC=C21. The number of fused-ring (bicyclic) bond motifs is 1. The van der Waals surface area contributed by atoms with Crippen molar-refractivity contribution in [3.8, 4) is 0 Å². The van der Waals surface area contributed by atoms with E-state index in [0.717, 1.165) is 17.7 Å². The van der Waals surface area contributed by atoms with Crippen molar-refractivity contribution in [3.05, 3.63) is 23.8 Å². The summed E-state index contributed by atoms with van der Waals surface area (Å²) in [5.74, 6) is 1.42. The topological polar surface area (TPSA) is 66.9 Å². The van der Waals surface area contributed by atoms with E-state index < -0.39 is 9.92 Å². The summed E-state index contributed by atoms with van der Waals surface area (Å²) in [4.78, 5) is 0. The molecule has 1 aliphatic heterocycles. The number of hydrogen-bond donors (Lipinski definition) is 2. The molecule has 1 heterocycles. The molecule has 0 radical (unpaired) electrons. The van der Waals surface area contributed by atoms with E-state index >= 15 is 0 Å². The maximum atomic E-state index is 11.4. The highest BCUT2D eigenvalue weighted by atomic mass is 32.3. The average molecular weight is 216 g/mol. The molecule has 2 aliphatic rings. The molecular formula is C8H12N2OS2. The first-order valence-electron chi connectivity index (χ1n) is 4.12. The first-order chi connectivity index (χ1) is 6.09. The molecule has 1 saturated heterocycles.